The maximum atomic E-state index is 12.9. The summed E-state index contributed by atoms with van der Waals surface area (Å²) in [6.07, 6.45) is 1.41. The van der Waals surface area contributed by atoms with E-state index in [-0.39, 0.29) is 16.9 Å². The first-order valence-electron chi connectivity index (χ1n) is 12.2. The van der Waals surface area contributed by atoms with E-state index in [9.17, 15) is 9.59 Å². The molecule has 1 aliphatic rings. The minimum absolute atomic E-state index is 0.139. The summed E-state index contributed by atoms with van der Waals surface area (Å²) in [5.74, 6) is 0.889. The Bertz CT molecular complexity index is 1070. The van der Waals surface area contributed by atoms with Gasteiger partial charge in [0.25, 0.3) is 5.91 Å². The highest BCUT2D eigenvalue weighted by Crippen LogP contribution is 2.30. The van der Waals surface area contributed by atoms with Gasteiger partial charge in [-0.3, -0.25) is 14.9 Å². The van der Waals surface area contributed by atoms with E-state index < -0.39 is 0 Å². The second-order valence-corrected chi connectivity index (χ2v) is 9.09. The van der Waals surface area contributed by atoms with Gasteiger partial charge in [0.15, 0.2) is 5.11 Å². The number of piperazine rings is 1. The van der Waals surface area contributed by atoms with Gasteiger partial charge in [-0.2, -0.15) is 0 Å². The molecule has 3 rings (SSSR count). The van der Waals surface area contributed by atoms with Crippen molar-refractivity contribution in [3.05, 3.63) is 47.0 Å². The SMILES string of the molecule is CCCC(=O)N1CCN(c2ccc(Cl)cc2NC(=S)NC(=O)c2cc(OCC)cc(OCC)c2)CC1. The van der Waals surface area contributed by atoms with Crippen molar-refractivity contribution >= 4 is 52.1 Å². The molecule has 2 amide bonds. The second kappa shape index (κ2) is 13.3. The molecule has 2 aromatic rings. The smallest absolute Gasteiger partial charge is 0.257 e. The lowest BCUT2D eigenvalue weighted by atomic mass is 10.2. The largest absolute Gasteiger partial charge is 0.494 e. The molecule has 0 spiro atoms. The Balaban J connectivity index is 1.69. The summed E-state index contributed by atoms with van der Waals surface area (Å²) in [6.45, 7) is 9.38. The van der Waals surface area contributed by atoms with E-state index in [0.29, 0.717) is 73.6 Å². The standard InChI is InChI=1S/C26H33ClN4O4S/c1-4-7-24(32)31-12-10-30(11-13-31)23-9-8-19(27)16-22(23)28-26(36)29-25(33)18-14-20(34-5-2)17-21(15-18)35-6-3/h8-9,14-17H,4-7,10-13H2,1-3H3,(H2,28,29,33,36). The monoisotopic (exact) mass is 532 g/mol. The van der Waals surface area contributed by atoms with Gasteiger partial charge in [-0.15, -0.1) is 0 Å². The summed E-state index contributed by atoms with van der Waals surface area (Å²) >= 11 is 11.7. The van der Waals surface area contributed by atoms with E-state index in [1.807, 2.05) is 37.8 Å². The van der Waals surface area contributed by atoms with Gasteiger partial charge >= 0.3 is 0 Å². The number of nitrogens with one attached hydrogen (secondary N) is 2. The number of halogens is 1. The quantitative estimate of drug-likeness (QED) is 0.452. The fourth-order valence-corrected chi connectivity index (χ4v) is 4.36. The molecule has 1 saturated heterocycles. The average molecular weight is 533 g/mol. The Hall–Kier alpha value is -3.04. The van der Waals surface area contributed by atoms with Crippen LogP contribution in [0.3, 0.4) is 0 Å². The highest BCUT2D eigenvalue weighted by atomic mass is 35.5. The van der Waals surface area contributed by atoms with Crippen LogP contribution in [0.4, 0.5) is 11.4 Å². The number of carbonyl (C=O) groups is 2. The normalized spacial score (nSPS) is 13.2. The number of amides is 2. The van der Waals surface area contributed by atoms with Crippen LogP contribution in [0.25, 0.3) is 0 Å². The number of ether oxygens (including phenoxy) is 2. The summed E-state index contributed by atoms with van der Waals surface area (Å²) in [5, 5.41) is 6.52. The van der Waals surface area contributed by atoms with Gasteiger partial charge in [0.05, 0.1) is 24.6 Å². The Morgan fingerprint density at radius 2 is 1.61 bits per heavy atom. The highest BCUT2D eigenvalue weighted by Gasteiger charge is 2.23. The first-order valence-corrected chi connectivity index (χ1v) is 13.0. The molecule has 2 N–H and O–H groups in total. The van der Waals surface area contributed by atoms with Crippen LogP contribution < -0.4 is 25.0 Å². The van der Waals surface area contributed by atoms with E-state index in [2.05, 4.69) is 15.5 Å². The van der Waals surface area contributed by atoms with Crippen LogP contribution in [0, 0.1) is 0 Å². The van der Waals surface area contributed by atoms with Crippen molar-refractivity contribution < 1.29 is 19.1 Å². The molecule has 0 saturated carbocycles. The Morgan fingerprint density at radius 3 is 2.19 bits per heavy atom. The summed E-state index contributed by atoms with van der Waals surface area (Å²) in [4.78, 5) is 29.3. The van der Waals surface area contributed by atoms with Crippen molar-refractivity contribution in [1.82, 2.24) is 10.2 Å². The van der Waals surface area contributed by atoms with Crippen LogP contribution in [-0.4, -0.2) is 61.2 Å². The number of thiocarbonyl (C=S) groups is 1. The third-order valence-electron chi connectivity index (χ3n) is 5.64. The third-order valence-corrected chi connectivity index (χ3v) is 6.07. The van der Waals surface area contributed by atoms with Gasteiger partial charge < -0.3 is 24.6 Å². The number of hydrogen-bond donors (Lipinski definition) is 2. The Morgan fingerprint density at radius 1 is 0.972 bits per heavy atom. The Kier molecular flexibility index (Phi) is 10.2. The zero-order valence-corrected chi connectivity index (χ0v) is 22.5. The molecule has 0 aliphatic carbocycles. The van der Waals surface area contributed by atoms with E-state index in [1.165, 1.54) is 0 Å². The maximum Gasteiger partial charge on any atom is 0.257 e. The molecule has 0 unspecified atom stereocenters. The van der Waals surface area contributed by atoms with Gasteiger partial charge in [0.2, 0.25) is 5.91 Å². The van der Waals surface area contributed by atoms with Crippen LogP contribution in [0.1, 0.15) is 44.0 Å². The van der Waals surface area contributed by atoms with Gasteiger partial charge in [0, 0.05) is 49.3 Å². The third kappa shape index (κ3) is 7.48. The first-order chi connectivity index (χ1) is 17.3. The van der Waals surface area contributed by atoms with Crippen LogP contribution in [0.15, 0.2) is 36.4 Å². The Labute approximate surface area is 222 Å². The summed E-state index contributed by atoms with van der Waals surface area (Å²) in [6, 6.07) is 10.5. The van der Waals surface area contributed by atoms with E-state index in [4.69, 9.17) is 33.3 Å². The summed E-state index contributed by atoms with van der Waals surface area (Å²) in [5.41, 5.74) is 1.95. The molecular weight excluding hydrogens is 500 g/mol. The molecule has 194 valence electrons. The van der Waals surface area contributed by atoms with Crippen molar-refractivity contribution in [3.8, 4) is 11.5 Å². The second-order valence-electron chi connectivity index (χ2n) is 8.25. The molecule has 0 atom stereocenters. The van der Waals surface area contributed by atoms with Crippen molar-refractivity contribution in [2.75, 3.05) is 49.6 Å². The summed E-state index contributed by atoms with van der Waals surface area (Å²) in [7, 11) is 0. The fourth-order valence-electron chi connectivity index (χ4n) is 3.98. The number of hydrogen-bond acceptors (Lipinski definition) is 6. The molecule has 1 aliphatic heterocycles. The van der Waals surface area contributed by atoms with Crippen LogP contribution in [0.2, 0.25) is 5.02 Å². The average Bonchev–Trinajstić information content (AvgIpc) is 2.84. The molecule has 1 fully saturated rings. The number of rotatable bonds is 9. The van der Waals surface area contributed by atoms with Crippen LogP contribution in [0.5, 0.6) is 11.5 Å². The molecule has 1 heterocycles. The summed E-state index contributed by atoms with van der Waals surface area (Å²) < 4.78 is 11.1. The molecule has 0 radical (unpaired) electrons. The zero-order valence-electron chi connectivity index (χ0n) is 20.9. The highest BCUT2D eigenvalue weighted by molar-refractivity contribution is 7.80. The van der Waals surface area contributed by atoms with E-state index >= 15 is 0 Å². The predicted octanol–water partition coefficient (Wildman–Crippen LogP) is 4.71. The van der Waals surface area contributed by atoms with Crippen LogP contribution in [-0.2, 0) is 4.79 Å². The number of nitrogens with zero attached hydrogens (tertiary/aromatic N) is 2. The molecule has 36 heavy (non-hydrogen) atoms. The zero-order chi connectivity index (χ0) is 26.1. The number of benzene rings is 2. The molecule has 8 nitrogen and oxygen atoms in total. The van der Waals surface area contributed by atoms with Crippen molar-refractivity contribution in [2.45, 2.75) is 33.6 Å². The molecule has 10 heteroatoms. The lowest BCUT2D eigenvalue weighted by molar-refractivity contribution is -0.131. The van der Waals surface area contributed by atoms with Gasteiger partial charge in [0.1, 0.15) is 11.5 Å². The first kappa shape index (κ1) is 27.5. The lowest BCUT2D eigenvalue weighted by Gasteiger charge is -2.37. The maximum absolute atomic E-state index is 12.9. The molecule has 2 aromatic carbocycles. The molecular formula is C26H33ClN4O4S. The lowest BCUT2D eigenvalue weighted by Crippen LogP contribution is -2.49. The van der Waals surface area contributed by atoms with E-state index in [0.717, 1.165) is 12.1 Å². The van der Waals surface area contributed by atoms with Gasteiger partial charge in [-0.1, -0.05) is 18.5 Å². The van der Waals surface area contributed by atoms with Crippen LogP contribution >= 0.6 is 23.8 Å². The minimum Gasteiger partial charge on any atom is -0.494 e. The minimum atomic E-state index is -0.387. The van der Waals surface area contributed by atoms with E-state index in [1.54, 1.807) is 24.3 Å². The topological polar surface area (TPSA) is 83.1 Å². The number of carbonyl (C=O) groups excluding carboxylic acids is 2. The van der Waals surface area contributed by atoms with Gasteiger partial charge in [-0.25, -0.2) is 0 Å². The predicted molar refractivity (Wildman–Crippen MR) is 148 cm³/mol. The van der Waals surface area contributed by atoms with Crippen molar-refractivity contribution in [3.63, 3.8) is 0 Å². The molecule has 0 bridgehead atoms. The molecule has 0 aromatic heterocycles. The van der Waals surface area contributed by atoms with Crippen molar-refractivity contribution in [1.29, 1.82) is 0 Å². The van der Waals surface area contributed by atoms with Crippen molar-refractivity contribution in [2.24, 2.45) is 0 Å². The fraction of sp³-hybridized carbons (Fsp3) is 0.423. The number of anilines is 2. The van der Waals surface area contributed by atoms with Gasteiger partial charge in [-0.05, 0) is 62.8 Å².